The molecule has 1 aliphatic rings. The van der Waals surface area contributed by atoms with Gasteiger partial charge in [-0.05, 0) is 38.8 Å². The molecule has 1 fully saturated rings. The fraction of sp³-hybridized carbons (Fsp3) is 0.471. The van der Waals surface area contributed by atoms with Crippen molar-refractivity contribution in [2.45, 2.75) is 38.8 Å². The predicted octanol–water partition coefficient (Wildman–Crippen LogP) is 3.00. The van der Waals surface area contributed by atoms with Crippen molar-refractivity contribution in [3.05, 3.63) is 36.0 Å². The van der Waals surface area contributed by atoms with Crippen molar-refractivity contribution < 1.29 is 18.5 Å². The fourth-order valence-electron chi connectivity index (χ4n) is 2.66. The van der Waals surface area contributed by atoms with Crippen LogP contribution in [0.3, 0.4) is 0 Å². The minimum Gasteiger partial charge on any atom is -0.467 e. The van der Waals surface area contributed by atoms with Crippen LogP contribution in [0.5, 0.6) is 0 Å². The second-order valence-corrected chi connectivity index (χ2v) is 7.07. The molecule has 0 aliphatic heterocycles. The molecule has 134 valence electrons. The number of hydrogen-bond acceptors (Lipinski definition) is 6. The van der Waals surface area contributed by atoms with E-state index in [0.717, 1.165) is 18.6 Å². The van der Waals surface area contributed by atoms with E-state index in [4.69, 9.17) is 8.94 Å². The van der Waals surface area contributed by atoms with E-state index in [1.54, 1.807) is 19.3 Å². The van der Waals surface area contributed by atoms with Crippen LogP contribution in [0.15, 0.2) is 33.4 Å². The first-order valence-electron chi connectivity index (χ1n) is 8.20. The standard InChI is InChI=1S/C17H21N3O4S/c1-11-8-15(19-24-11)18-16(21)9-25-10-17(22)20(13-5-6-13)12(2)14-4-3-7-23-14/h3-4,7-8,12-13H,5-6,9-10H2,1-2H3,(H,18,19,21). The van der Waals surface area contributed by atoms with Gasteiger partial charge in [-0.1, -0.05) is 5.16 Å². The van der Waals surface area contributed by atoms with Crippen LogP contribution in [0.2, 0.25) is 0 Å². The highest BCUT2D eigenvalue weighted by Crippen LogP contribution is 2.35. The number of nitrogens with zero attached hydrogens (tertiary/aromatic N) is 2. The highest BCUT2D eigenvalue weighted by Gasteiger charge is 2.36. The Bertz CT molecular complexity index is 724. The summed E-state index contributed by atoms with van der Waals surface area (Å²) < 4.78 is 10.3. The number of anilines is 1. The number of nitrogens with one attached hydrogen (secondary N) is 1. The Morgan fingerprint density at radius 2 is 2.24 bits per heavy atom. The zero-order valence-corrected chi connectivity index (χ0v) is 15.0. The SMILES string of the molecule is Cc1cc(NC(=O)CSCC(=O)N(C2CC2)C(C)c2ccco2)no1. The van der Waals surface area contributed by atoms with Gasteiger partial charge in [0.2, 0.25) is 11.8 Å². The van der Waals surface area contributed by atoms with Crippen molar-refractivity contribution in [1.29, 1.82) is 0 Å². The predicted molar refractivity (Wildman–Crippen MR) is 94.2 cm³/mol. The topological polar surface area (TPSA) is 88.6 Å². The zero-order valence-electron chi connectivity index (χ0n) is 14.2. The lowest BCUT2D eigenvalue weighted by molar-refractivity contribution is -0.131. The van der Waals surface area contributed by atoms with Crippen molar-refractivity contribution in [1.82, 2.24) is 10.1 Å². The number of furan rings is 1. The molecule has 0 spiro atoms. The van der Waals surface area contributed by atoms with Gasteiger partial charge in [-0.3, -0.25) is 9.59 Å². The molecule has 25 heavy (non-hydrogen) atoms. The maximum atomic E-state index is 12.6. The Labute approximate surface area is 150 Å². The molecule has 2 amide bonds. The third-order valence-corrected chi connectivity index (χ3v) is 4.87. The lowest BCUT2D eigenvalue weighted by Crippen LogP contribution is -2.36. The van der Waals surface area contributed by atoms with Crippen molar-refractivity contribution in [2.75, 3.05) is 16.8 Å². The number of carbonyl (C=O) groups excluding carboxylic acids is 2. The molecule has 0 bridgehead atoms. The third-order valence-electron chi connectivity index (χ3n) is 3.95. The average molecular weight is 363 g/mol. The zero-order chi connectivity index (χ0) is 17.8. The molecule has 3 rings (SSSR count). The van der Waals surface area contributed by atoms with E-state index in [0.29, 0.717) is 11.6 Å². The van der Waals surface area contributed by atoms with E-state index in [1.165, 1.54) is 11.8 Å². The van der Waals surface area contributed by atoms with Gasteiger partial charge in [0.1, 0.15) is 11.5 Å². The molecule has 1 aliphatic carbocycles. The van der Waals surface area contributed by atoms with Crippen molar-refractivity contribution in [3.8, 4) is 0 Å². The van der Waals surface area contributed by atoms with E-state index < -0.39 is 0 Å². The molecule has 1 saturated carbocycles. The molecule has 8 heteroatoms. The quantitative estimate of drug-likeness (QED) is 0.776. The highest BCUT2D eigenvalue weighted by atomic mass is 32.2. The maximum absolute atomic E-state index is 12.6. The smallest absolute Gasteiger partial charge is 0.235 e. The molecule has 2 aromatic rings. The van der Waals surface area contributed by atoms with Crippen LogP contribution in [-0.4, -0.2) is 39.4 Å². The Kier molecular flexibility index (Phi) is 5.47. The molecular weight excluding hydrogens is 342 g/mol. The van der Waals surface area contributed by atoms with Gasteiger partial charge in [-0.25, -0.2) is 0 Å². The molecule has 7 nitrogen and oxygen atoms in total. The van der Waals surface area contributed by atoms with Gasteiger partial charge in [0.25, 0.3) is 0 Å². The summed E-state index contributed by atoms with van der Waals surface area (Å²) in [5.74, 6) is 2.07. The van der Waals surface area contributed by atoms with Gasteiger partial charge < -0.3 is 19.2 Å². The van der Waals surface area contributed by atoms with Gasteiger partial charge in [0.15, 0.2) is 5.82 Å². The number of amides is 2. The van der Waals surface area contributed by atoms with Crippen molar-refractivity contribution in [3.63, 3.8) is 0 Å². The number of hydrogen-bond donors (Lipinski definition) is 1. The van der Waals surface area contributed by atoms with Crippen LogP contribution in [0.4, 0.5) is 5.82 Å². The van der Waals surface area contributed by atoms with E-state index >= 15 is 0 Å². The van der Waals surface area contributed by atoms with Crippen LogP contribution in [0.25, 0.3) is 0 Å². The highest BCUT2D eigenvalue weighted by molar-refractivity contribution is 8.00. The molecule has 0 saturated heterocycles. The van der Waals surface area contributed by atoms with Gasteiger partial charge in [-0.2, -0.15) is 0 Å². The maximum Gasteiger partial charge on any atom is 0.235 e. The minimum absolute atomic E-state index is 0.0291. The second kappa shape index (κ2) is 7.77. The summed E-state index contributed by atoms with van der Waals surface area (Å²) >= 11 is 1.29. The van der Waals surface area contributed by atoms with E-state index in [1.807, 2.05) is 24.0 Å². The summed E-state index contributed by atoms with van der Waals surface area (Å²) in [6, 6.07) is 5.54. The normalized spacial score (nSPS) is 15.0. The average Bonchev–Trinajstić information content (AvgIpc) is 3.08. The number of aromatic nitrogens is 1. The Morgan fingerprint density at radius 1 is 1.44 bits per heavy atom. The van der Waals surface area contributed by atoms with E-state index in [2.05, 4.69) is 10.5 Å². The molecule has 1 unspecified atom stereocenters. The van der Waals surface area contributed by atoms with Gasteiger partial charge in [0.05, 0.1) is 23.8 Å². The molecule has 2 heterocycles. The summed E-state index contributed by atoms with van der Waals surface area (Å²) in [6.45, 7) is 3.72. The fourth-order valence-corrected chi connectivity index (χ4v) is 3.35. The summed E-state index contributed by atoms with van der Waals surface area (Å²) in [6.07, 6.45) is 3.66. The van der Waals surface area contributed by atoms with Crippen LogP contribution < -0.4 is 5.32 Å². The van der Waals surface area contributed by atoms with Crippen molar-refractivity contribution >= 4 is 29.4 Å². The molecular formula is C17H21N3O4S. The Balaban J connectivity index is 1.48. The third kappa shape index (κ3) is 4.66. The van der Waals surface area contributed by atoms with Crippen LogP contribution in [-0.2, 0) is 9.59 Å². The summed E-state index contributed by atoms with van der Waals surface area (Å²) in [4.78, 5) is 26.4. The second-order valence-electron chi connectivity index (χ2n) is 6.09. The van der Waals surface area contributed by atoms with Crippen LogP contribution >= 0.6 is 11.8 Å². The van der Waals surface area contributed by atoms with Gasteiger partial charge >= 0.3 is 0 Å². The van der Waals surface area contributed by atoms with E-state index in [9.17, 15) is 9.59 Å². The monoisotopic (exact) mass is 363 g/mol. The first kappa shape index (κ1) is 17.6. The first-order valence-corrected chi connectivity index (χ1v) is 9.35. The number of carbonyl (C=O) groups is 2. The Morgan fingerprint density at radius 3 is 2.84 bits per heavy atom. The van der Waals surface area contributed by atoms with Gasteiger partial charge in [0, 0.05) is 12.1 Å². The number of rotatable bonds is 8. The minimum atomic E-state index is -0.205. The molecule has 2 aromatic heterocycles. The molecule has 0 radical (unpaired) electrons. The van der Waals surface area contributed by atoms with E-state index in [-0.39, 0.29) is 35.4 Å². The lowest BCUT2D eigenvalue weighted by Gasteiger charge is -2.28. The summed E-state index contributed by atoms with van der Waals surface area (Å²) in [7, 11) is 0. The number of aryl methyl sites for hydroxylation is 1. The number of thioether (sulfide) groups is 1. The first-order chi connectivity index (χ1) is 12.0. The Hall–Kier alpha value is -2.22. The molecule has 0 aromatic carbocycles. The van der Waals surface area contributed by atoms with Gasteiger partial charge in [-0.15, -0.1) is 11.8 Å². The molecule has 1 N–H and O–H groups in total. The van der Waals surface area contributed by atoms with Crippen molar-refractivity contribution in [2.24, 2.45) is 0 Å². The largest absolute Gasteiger partial charge is 0.467 e. The van der Waals surface area contributed by atoms with Crippen LogP contribution in [0, 0.1) is 6.92 Å². The summed E-state index contributed by atoms with van der Waals surface area (Å²) in [5, 5.41) is 6.35. The van der Waals surface area contributed by atoms with Crippen LogP contribution in [0.1, 0.15) is 37.3 Å². The lowest BCUT2D eigenvalue weighted by atomic mass is 10.2. The molecule has 1 atom stereocenters. The summed E-state index contributed by atoms with van der Waals surface area (Å²) in [5.41, 5.74) is 0.